The van der Waals surface area contributed by atoms with Gasteiger partial charge in [0.2, 0.25) is 6.41 Å². The fourth-order valence-electron chi connectivity index (χ4n) is 1.96. The number of rotatable bonds is 4. The van der Waals surface area contributed by atoms with Crippen LogP contribution in [0, 0.1) is 0 Å². The molecule has 2 aromatic carbocycles. The lowest BCUT2D eigenvalue weighted by molar-refractivity contribution is -0.143. The minimum atomic E-state index is -4.83. The largest absolute Gasteiger partial charge is 0.416 e. The summed E-state index contributed by atoms with van der Waals surface area (Å²) >= 11 is 0. The van der Waals surface area contributed by atoms with Crippen LogP contribution in [0.1, 0.15) is 55.5 Å². The Morgan fingerprint density at radius 3 is 1.56 bits per heavy atom. The highest BCUT2D eigenvalue weighted by atomic mass is 19.4. The van der Waals surface area contributed by atoms with Gasteiger partial charge in [-0.1, -0.05) is 50.6 Å². The summed E-state index contributed by atoms with van der Waals surface area (Å²) in [5, 5.41) is 0. The first-order chi connectivity index (χ1) is 15.7. The quantitative estimate of drug-likeness (QED) is 0.379. The van der Waals surface area contributed by atoms with Crippen LogP contribution >= 0.6 is 0 Å². The number of nitrogens with zero attached hydrogens (tertiary/aromatic N) is 1. The van der Waals surface area contributed by atoms with Gasteiger partial charge in [-0.3, -0.25) is 4.79 Å². The lowest BCUT2D eigenvalue weighted by Gasteiger charge is -2.17. The van der Waals surface area contributed by atoms with E-state index in [-0.39, 0.29) is 11.6 Å². The number of ether oxygens (including phenoxy) is 1. The molecule has 0 saturated carbocycles. The van der Waals surface area contributed by atoms with E-state index in [4.69, 9.17) is 10.5 Å². The smallest absolute Gasteiger partial charge is 0.377 e. The van der Waals surface area contributed by atoms with Gasteiger partial charge in [0.05, 0.1) is 17.2 Å². The first-order valence-electron chi connectivity index (χ1n) is 10.4. The molecule has 2 aromatic rings. The molecule has 1 atom stereocenters. The maximum absolute atomic E-state index is 12.5. The monoisotopic (exact) mass is 496 g/mol. The summed E-state index contributed by atoms with van der Waals surface area (Å²) in [6.07, 6.45) is -8.51. The Morgan fingerprint density at radius 2 is 1.32 bits per heavy atom. The molecule has 0 spiro atoms. The van der Waals surface area contributed by atoms with Crippen LogP contribution in [0.4, 0.5) is 26.3 Å². The number of amides is 1. The van der Waals surface area contributed by atoms with Gasteiger partial charge in [-0.15, -0.1) is 0 Å². The van der Waals surface area contributed by atoms with E-state index in [2.05, 4.69) is 13.8 Å². The Kier molecular flexibility index (Phi) is 16.7. The van der Waals surface area contributed by atoms with Crippen molar-refractivity contribution >= 4 is 6.41 Å². The SMILES string of the molecule is CCC.CN(C)C=O.CO[C@H](C)c1cc(C(F)(F)F)cc(C(F)(F)F)c1.NCc1ccccc1. The van der Waals surface area contributed by atoms with Crippen molar-refractivity contribution < 1.29 is 35.9 Å². The molecule has 2 rings (SSSR count). The number of nitrogens with two attached hydrogens (primary N) is 1. The molecule has 0 bridgehead atoms. The second-order valence-corrected chi connectivity index (χ2v) is 7.18. The van der Waals surface area contributed by atoms with Crippen LogP contribution in [0.25, 0.3) is 0 Å². The number of methoxy groups -OCH3 is 1. The van der Waals surface area contributed by atoms with E-state index in [1.807, 2.05) is 30.3 Å². The van der Waals surface area contributed by atoms with E-state index in [9.17, 15) is 31.1 Å². The van der Waals surface area contributed by atoms with Crippen LogP contribution in [0.5, 0.6) is 0 Å². The predicted molar refractivity (Wildman–Crippen MR) is 122 cm³/mol. The van der Waals surface area contributed by atoms with Crippen LogP contribution in [0.3, 0.4) is 0 Å². The van der Waals surface area contributed by atoms with Crippen LogP contribution in [-0.4, -0.2) is 32.5 Å². The maximum atomic E-state index is 12.5. The van der Waals surface area contributed by atoms with E-state index in [1.165, 1.54) is 30.9 Å². The summed E-state index contributed by atoms with van der Waals surface area (Å²) in [6.45, 7) is 6.26. The molecule has 1 amide bonds. The number of alkyl halides is 6. The van der Waals surface area contributed by atoms with Crippen molar-refractivity contribution in [3.05, 3.63) is 70.8 Å². The number of halogens is 6. The average Bonchev–Trinajstić information content (AvgIpc) is 2.79. The van der Waals surface area contributed by atoms with Gasteiger partial charge in [0.25, 0.3) is 0 Å². The molecular weight excluding hydrogens is 462 g/mol. The first kappa shape index (κ1) is 33.6. The molecule has 34 heavy (non-hydrogen) atoms. The Balaban J connectivity index is 0. The Hall–Kier alpha value is -2.59. The third-order valence-corrected chi connectivity index (χ3v) is 3.72. The summed E-state index contributed by atoms with van der Waals surface area (Å²) in [5.74, 6) is 0. The van der Waals surface area contributed by atoms with Crippen LogP contribution in [0.15, 0.2) is 48.5 Å². The number of carbonyl (C=O) groups excluding carboxylic acids is 1. The number of hydrogen-bond acceptors (Lipinski definition) is 3. The molecule has 0 aromatic heterocycles. The van der Waals surface area contributed by atoms with Crippen molar-refractivity contribution in [2.24, 2.45) is 5.73 Å². The Labute approximate surface area is 197 Å². The van der Waals surface area contributed by atoms with Gasteiger partial charge in [-0.2, -0.15) is 26.3 Å². The van der Waals surface area contributed by atoms with Crippen LogP contribution < -0.4 is 5.73 Å². The van der Waals surface area contributed by atoms with Crippen LogP contribution in [-0.2, 0) is 28.4 Å². The van der Waals surface area contributed by atoms with Gasteiger partial charge in [0.15, 0.2) is 0 Å². The molecule has 0 aliphatic carbocycles. The second kappa shape index (κ2) is 16.9. The molecule has 0 heterocycles. The number of benzene rings is 2. The topological polar surface area (TPSA) is 55.6 Å². The highest BCUT2D eigenvalue weighted by Crippen LogP contribution is 2.37. The third-order valence-electron chi connectivity index (χ3n) is 3.72. The molecule has 4 nitrogen and oxygen atoms in total. The molecular formula is C24H34F6N2O2. The minimum absolute atomic E-state index is 0.0892. The maximum Gasteiger partial charge on any atom is 0.416 e. The van der Waals surface area contributed by atoms with Crippen LogP contribution in [0.2, 0.25) is 0 Å². The van der Waals surface area contributed by atoms with Crippen molar-refractivity contribution in [1.29, 1.82) is 0 Å². The van der Waals surface area contributed by atoms with Crippen molar-refractivity contribution in [2.45, 2.75) is 52.2 Å². The Bertz CT molecular complexity index is 762. The van der Waals surface area contributed by atoms with Gasteiger partial charge in [0, 0.05) is 27.7 Å². The number of hydrogen-bond donors (Lipinski definition) is 1. The molecule has 10 heteroatoms. The summed E-state index contributed by atoms with van der Waals surface area (Å²) in [6, 6.07) is 11.4. The van der Waals surface area contributed by atoms with Crippen molar-refractivity contribution in [1.82, 2.24) is 4.90 Å². The summed E-state index contributed by atoms with van der Waals surface area (Å²) in [4.78, 5) is 10.9. The predicted octanol–water partition coefficient (Wildman–Crippen LogP) is 6.70. The highest BCUT2D eigenvalue weighted by molar-refractivity contribution is 5.45. The van der Waals surface area contributed by atoms with Gasteiger partial charge < -0.3 is 15.4 Å². The average molecular weight is 497 g/mol. The van der Waals surface area contributed by atoms with E-state index < -0.39 is 29.6 Å². The molecule has 2 N–H and O–H groups in total. The van der Waals surface area contributed by atoms with E-state index in [1.54, 1.807) is 14.1 Å². The molecule has 0 radical (unpaired) electrons. The standard InChI is InChI=1S/C11H10F6O.C7H9N.C3H7NO.C3H8/c1-6(18-2)7-3-8(10(12,13)14)5-9(4-7)11(15,16)17;8-6-7-4-2-1-3-5-7;1-4(2)3-5;1-3-2/h3-6H,1-2H3;1-5H,6,8H2;3H,1-2H3;3H2,1-2H3/t6-;;;/m1.../s1. The molecule has 0 fully saturated rings. The fourth-order valence-corrected chi connectivity index (χ4v) is 1.96. The number of carbonyl (C=O) groups is 1. The lowest BCUT2D eigenvalue weighted by Crippen LogP contribution is -2.12. The van der Waals surface area contributed by atoms with Gasteiger partial charge >= 0.3 is 12.4 Å². The second-order valence-electron chi connectivity index (χ2n) is 7.18. The van der Waals surface area contributed by atoms with Gasteiger partial charge in [0.1, 0.15) is 0 Å². The first-order valence-corrected chi connectivity index (χ1v) is 10.4. The summed E-state index contributed by atoms with van der Waals surface area (Å²) in [7, 11) is 4.58. The Morgan fingerprint density at radius 1 is 0.941 bits per heavy atom. The zero-order chi connectivity index (χ0) is 26.9. The van der Waals surface area contributed by atoms with Gasteiger partial charge in [-0.25, -0.2) is 0 Å². The van der Waals surface area contributed by atoms with Crippen molar-refractivity contribution in [3.63, 3.8) is 0 Å². The lowest BCUT2D eigenvalue weighted by atomic mass is 10.0. The highest BCUT2D eigenvalue weighted by Gasteiger charge is 2.37. The van der Waals surface area contributed by atoms with E-state index in [0.29, 0.717) is 18.7 Å². The molecule has 194 valence electrons. The zero-order valence-corrected chi connectivity index (χ0v) is 20.3. The van der Waals surface area contributed by atoms with E-state index >= 15 is 0 Å². The molecule has 0 aliphatic heterocycles. The summed E-state index contributed by atoms with van der Waals surface area (Å²) in [5.41, 5.74) is 3.70. The van der Waals surface area contributed by atoms with Crippen molar-refractivity contribution in [2.75, 3.05) is 21.2 Å². The van der Waals surface area contributed by atoms with Gasteiger partial charge in [-0.05, 0) is 36.2 Å². The molecule has 0 unspecified atom stereocenters. The van der Waals surface area contributed by atoms with E-state index in [0.717, 1.165) is 6.41 Å². The molecule has 0 saturated heterocycles. The third kappa shape index (κ3) is 15.3. The normalized spacial score (nSPS) is 11.4. The van der Waals surface area contributed by atoms with Crippen molar-refractivity contribution in [3.8, 4) is 0 Å². The molecule has 0 aliphatic rings. The minimum Gasteiger partial charge on any atom is -0.377 e. The fraction of sp³-hybridized carbons (Fsp3) is 0.458. The summed E-state index contributed by atoms with van der Waals surface area (Å²) < 4.78 is 79.7. The zero-order valence-electron chi connectivity index (χ0n) is 20.3.